The average Bonchev–Trinajstić information content (AvgIpc) is 2.68. The zero-order valence-electron chi connectivity index (χ0n) is 18.1. The number of anilines is 1. The maximum absolute atomic E-state index is 12.8. The third-order valence-corrected chi connectivity index (χ3v) is 6.96. The van der Waals surface area contributed by atoms with Crippen LogP contribution in [0.1, 0.15) is 79.4 Å². The molecule has 0 fully saturated rings. The molecular weight excluding hydrogens is 436 g/mol. The quantitative estimate of drug-likeness (QED) is 0.603. The van der Waals surface area contributed by atoms with E-state index in [1.165, 1.54) is 12.1 Å². The number of ketones is 1. The molecule has 1 aliphatic carbocycles. The van der Waals surface area contributed by atoms with Gasteiger partial charge >= 0.3 is 6.03 Å². The van der Waals surface area contributed by atoms with E-state index in [0.717, 1.165) is 29.5 Å². The topological polar surface area (TPSA) is 92.3 Å². The van der Waals surface area contributed by atoms with Crippen molar-refractivity contribution in [3.05, 3.63) is 57.6 Å². The van der Waals surface area contributed by atoms with E-state index < -0.39 is 16.1 Å². The molecule has 31 heavy (non-hydrogen) atoms. The first-order chi connectivity index (χ1) is 14.5. The molecule has 3 rings (SSSR count). The first-order valence-corrected chi connectivity index (χ1v) is 12.2. The number of amides is 2. The summed E-state index contributed by atoms with van der Waals surface area (Å²) in [6.45, 7) is 7.89. The van der Waals surface area contributed by atoms with Crippen molar-refractivity contribution in [2.24, 2.45) is 0 Å². The van der Waals surface area contributed by atoms with Gasteiger partial charge in [-0.05, 0) is 65.6 Å². The number of halogens is 1. The van der Waals surface area contributed by atoms with Crippen LogP contribution >= 0.6 is 11.6 Å². The number of benzene rings is 2. The first kappa shape index (κ1) is 23.3. The van der Waals surface area contributed by atoms with Gasteiger partial charge in [-0.15, -0.1) is 0 Å². The van der Waals surface area contributed by atoms with Crippen molar-refractivity contribution in [3.63, 3.8) is 0 Å². The largest absolute Gasteiger partial charge is 0.333 e. The monoisotopic (exact) mass is 462 g/mol. The summed E-state index contributed by atoms with van der Waals surface area (Å²) in [4.78, 5) is 24.7. The second-order valence-electron chi connectivity index (χ2n) is 8.42. The van der Waals surface area contributed by atoms with Crippen LogP contribution in [0.3, 0.4) is 0 Å². The standard InChI is InChI=1S/C23H27ClN2O4S/c1-13(2)18-10-16(24)11-19(14(3)4)22(18)25-23(28)26-31(29,30)17-9-8-15-6-5-7-21(27)20(15)12-17/h8-14H,5-7H2,1-4H3,(H2,25,26,28). The second kappa shape index (κ2) is 9.01. The molecule has 0 atom stereocenters. The summed E-state index contributed by atoms with van der Waals surface area (Å²) in [6, 6.07) is 7.11. The molecule has 2 aromatic rings. The van der Waals surface area contributed by atoms with Crippen molar-refractivity contribution in [1.82, 2.24) is 4.72 Å². The van der Waals surface area contributed by atoms with E-state index in [1.807, 2.05) is 27.7 Å². The van der Waals surface area contributed by atoms with Gasteiger partial charge in [0.15, 0.2) is 5.78 Å². The Labute approximate surface area is 188 Å². The highest BCUT2D eigenvalue weighted by atomic mass is 35.5. The van der Waals surface area contributed by atoms with Crippen molar-refractivity contribution in [2.45, 2.75) is 63.7 Å². The Morgan fingerprint density at radius 3 is 2.19 bits per heavy atom. The van der Waals surface area contributed by atoms with E-state index in [4.69, 9.17) is 11.6 Å². The van der Waals surface area contributed by atoms with Crippen LogP contribution in [0.25, 0.3) is 0 Å². The van der Waals surface area contributed by atoms with Gasteiger partial charge < -0.3 is 5.32 Å². The van der Waals surface area contributed by atoms with Crippen LogP contribution in [-0.2, 0) is 16.4 Å². The fourth-order valence-corrected chi connectivity index (χ4v) is 4.97. The third-order valence-electron chi connectivity index (χ3n) is 5.42. The van der Waals surface area contributed by atoms with E-state index in [2.05, 4.69) is 10.0 Å². The summed E-state index contributed by atoms with van der Waals surface area (Å²) in [5.74, 6) is 0.0524. The van der Waals surface area contributed by atoms with E-state index in [-0.39, 0.29) is 22.5 Å². The number of Topliss-reactive ketones (excluding diaryl/α,β-unsaturated/α-hetero) is 1. The molecule has 2 aromatic carbocycles. The van der Waals surface area contributed by atoms with Gasteiger partial charge in [0, 0.05) is 22.7 Å². The minimum absolute atomic E-state index is 0.0646. The molecule has 0 radical (unpaired) electrons. The van der Waals surface area contributed by atoms with Crippen molar-refractivity contribution in [2.75, 3.05) is 5.32 Å². The van der Waals surface area contributed by atoms with Gasteiger partial charge in [-0.2, -0.15) is 0 Å². The normalized spacial score (nSPS) is 14.0. The maximum atomic E-state index is 12.8. The van der Waals surface area contributed by atoms with Crippen LogP contribution in [0, 0.1) is 0 Å². The summed E-state index contributed by atoms with van der Waals surface area (Å²) in [5, 5.41) is 3.27. The number of carbonyl (C=O) groups is 2. The summed E-state index contributed by atoms with van der Waals surface area (Å²) in [7, 11) is -4.15. The lowest BCUT2D eigenvalue weighted by Gasteiger charge is -2.21. The van der Waals surface area contributed by atoms with Crippen LogP contribution in [0.15, 0.2) is 35.2 Å². The van der Waals surface area contributed by atoms with Gasteiger partial charge in [0.1, 0.15) is 0 Å². The minimum atomic E-state index is -4.15. The molecule has 8 heteroatoms. The minimum Gasteiger partial charge on any atom is -0.307 e. The van der Waals surface area contributed by atoms with Crippen LogP contribution in [0.4, 0.5) is 10.5 Å². The van der Waals surface area contributed by atoms with Gasteiger partial charge in [-0.25, -0.2) is 17.9 Å². The van der Waals surface area contributed by atoms with Crippen molar-refractivity contribution in [1.29, 1.82) is 0 Å². The van der Waals surface area contributed by atoms with Crippen LogP contribution in [-0.4, -0.2) is 20.2 Å². The van der Waals surface area contributed by atoms with E-state index in [1.54, 1.807) is 18.2 Å². The van der Waals surface area contributed by atoms with Gasteiger partial charge in [0.05, 0.1) is 4.90 Å². The van der Waals surface area contributed by atoms with Crippen molar-refractivity contribution < 1.29 is 18.0 Å². The molecule has 0 saturated carbocycles. The number of nitrogens with one attached hydrogen (secondary N) is 2. The highest BCUT2D eigenvalue weighted by molar-refractivity contribution is 7.90. The highest BCUT2D eigenvalue weighted by Gasteiger charge is 2.24. The van der Waals surface area contributed by atoms with Gasteiger partial charge in [0.25, 0.3) is 10.0 Å². The second-order valence-corrected chi connectivity index (χ2v) is 10.5. The molecule has 0 unspecified atom stereocenters. The summed E-state index contributed by atoms with van der Waals surface area (Å²) in [5.41, 5.74) is 3.45. The lowest BCUT2D eigenvalue weighted by molar-refractivity contribution is 0.0972. The molecule has 2 amide bonds. The Hall–Kier alpha value is -2.38. The smallest absolute Gasteiger partial charge is 0.307 e. The van der Waals surface area contributed by atoms with Gasteiger partial charge in [-0.1, -0.05) is 45.4 Å². The molecule has 0 aromatic heterocycles. The van der Waals surface area contributed by atoms with Crippen molar-refractivity contribution in [3.8, 4) is 0 Å². The predicted octanol–water partition coefficient (Wildman–Crippen LogP) is 5.62. The highest BCUT2D eigenvalue weighted by Crippen LogP contribution is 2.35. The van der Waals surface area contributed by atoms with E-state index >= 15 is 0 Å². The Balaban J connectivity index is 1.89. The first-order valence-electron chi connectivity index (χ1n) is 10.3. The molecule has 0 heterocycles. The lowest BCUT2D eigenvalue weighted by atomic mass is 9.91. The molecule has 2 N–H and O–H groups in total. The molecule has 0 saturated heterocycles. The summed E-state index contributed by atoms with van der Waals surface area (Å²) in [6.07, 6.45) is 1.90. The van der Waals surface area contributed by atoms with Gasteiger partial charge in [0.2, 0.25) is 0 Å². The van der Waals surface area contributed by atoms with Gasteiger partial charge in [-0.3, -0.25) is 4.79 Å². The predicted molar refractivity (Wildman–Crippen MR) is 123 cm³/mol. The number of urea groups is 1. The maximum Gasteiger partial charge on any atom is 0.333 e. The SMILES string of the molecule is CC(C)c1cc(Cl)cc(C(C)C)c1NC(=O)NS(=O)(=O)c1ccc2c(c1)C(=O)CCC2. The number of carbonyl (C=O) groups excluding carboxylic acids is 2. The zero-order chi connectivity index (χ0) is 22.9. The number of rotatable bonds is 5. The van der Waals surface area contributed by atoms with Crippen LogP contribution in [0.2, 0.25) is 5.02 Å². The van der Waals surface area contributed by atoms with E-state index in [0.29, 0.717) is 22.7 Å². The zero-order valence-corrected chi connectivity index (χ0v) is 19.7. The molecular formula is C23H27ClN2O4S. The Kier molecular flexibility index (Phi) is 6.76. The number of hydrogen-bond acceptors (Lipinski definition) is 4. The lowest BCUT2D eigenvalue weighted by Crippen LogP contribution is -2.35. The number of sulfonamides is 1. The molecule has 1 aliphatic rings. The molecule has 6 nitrogen and oxygen atoms in total. The molecule has 0 aliphatic heterocycles. The molecule has 0 bridgehead atoms. The van der Waals surface area contributed by atoms with Crippen molar-refractivity contribution >= 4 is 39.1 Å². The fraction of sp³-hybridized carbons (Fsp3) is 0.391. The average molecular weight is 463 g/mol. The third kappa shape index (κ3) is 5.10. The fourth-order valence-electron chi connectivity index (χ4n) is 3.80. The van der Waals surface area contributed by atoms with E-state index in [9.17, 15) is 18.0 Å². The van der Waals surface area contributed by atoms with Crippen LogP contribution < -0.4 is 10.0 Å². The molecule has 166 valence electrons. The number of hydrogen-bond donors (Lipinski definition) is 2. The number of aryl methyl sites for hydroxylation is 1. The summed E-state index contributed by atoms with van der Waals surface area (Å²) < 4.78 is 27.7. The molecule has 0 spiro atoms. The Morgan fingerprint density at radius 2 is 1.61 bits per heavy atom. The number of fused-ring (bicyclic) bond motifs is 1. The van der Waals surface area contributed by atoms with Crippen LogP contribution in [0.5, 0.6) is 0 Å². The Morgan fingerprint density at radius 1 is 1.00 bits per heavy atom. The Bertz CT molecular complexity index is 1110. The summed E-state index contributed by atoms with van der Waals surface area (Å²) >= 11 is 6.25.